The third kappa shape index (κ3) is 6.30. The molecule has 1 unspecified atom stereocenters. The summed E-state index contributed by atoms with van der Waals surface area (Å²) in [6, 6.07) is 26.4. The Hall–Kier alpha value is -2.22. The van der Waals surface area contributed by atoms with Crippen LogP contribution in [-0.4, -0.2) is 8.41 Å². The maximum absolute atomic E-state index is 13.1. The Morgan fingerprint density at radius 3 is 1.00 bits per heavy atom. The van der Waals surface area contributed by atoms with Crippen molar-refractivity contribution >= 4 is 26.1 Å². The zero-order valence-corrected chi connectivity index (χ0v) is 15.3. The normalized spacial score (nSPS) is 9.92. The van der Waals surface area contributed by atoms with Crippen molar-refractivity contribution < 1.29 is 18.1 Å². The standard InChI is InChI=1S/C18H15O4P.BH3.H3P/c19-23(20-16-10-4-1-5-11-16,21-17-12-6-2-7-13-17)22-18-14-8-3-9-15-18;;/h1-15H;2*1H3. The molecule has 4 nitrogen and oxygen atoms in total. The van der Waals surface area contributed by atoms with Crippen molar-refractivity contribution in [2.45, 2.75) is 0 Å². The van der Waals surface area contributed by atoms with Gasteiger partial charge in [0.2, 0.25) is 0 Å². The smallest absolute Gasteiger partial charge is 0.386 e. The molecule has 0 aliphatic carbocycles. The number of hydrogen-bond acceptors (Lipinski definition) is 4. The van der Waals surface area contributed by atoms with Gasteiger partial charge in [-0.1, -0.05) is 54.6 Å². The summed E-state index contributed by atoms with van der Waals surface area (Å²) in [4.78, 5) is 0. The minimum absolute atomic E-state index is 0. The zero-order chi connectivity index (χ0) is 16.0. The van der Waals surface area contributed by atoms with Crippen LogP contribution in [0.1, 0.15) is 0 Å². The van der Waals surface area contributed by atoms with Crippen molar-refractivity contribution in [3.8, 4) is 17.2 Å². The Morgan fingerprint density at radius 2 is 0.760 bits per heavy atom. The number of benzene rings is 3. The number of para-hydroxylation sites is 3. The molecule has 0 bridgehead atoms. The molecule has 25 heavy (non-hydrogen) atoms. The van der Waals surface area contributed by atoms with Gasteiger partial charge in [-0.2, -0.15) is 14.5 Å². The van der Waals surface area contributed by atoms with Crippen molar-refractivity contribution in [3.63, 3.8) is 0 Å². The van der Waals surface area contributed by atoms with Crippen LogP contribution in [0.25, 0.3) is 0 Å². The quantitative estimate of drug-likeness (QED) is 0.479. The van der Waals surface area contributed by atoms with Crippen LogP contribution in [0, 0.1) is 0 Å². The summed E-state index contributed by atoms with van der Waals surface area (Å²) >= 11 is 0. The van der Waals surface area contributed by atoms with Crippen molar-refractivity contribution in [2.75, 3.05) is 0 Å². The van der Waals surface area contributed by atoms with E-state index in [-0.39, 0.29) is 18.3 Å². The molecule has 0 N–H and O–H groups in total. The van der Waals surface area contributed by atoms with E-state index in [1.165, 1.54) is 0 Å². The maximum atomic E-state index is 13.1. The van der Waals surface area contributed by atoms with Crippen molar-refractivity contribution in [1.82, 2.24) is 0 Å². The van der Waals surface area contributed by atoms with E-state index >= 15 is 0 Å². The Bertz CT molecular complexity index is 678. The van der Waals surface area contributed by atoms with Gasteiger partial charge in [-0.3, -0.25) is 0 Å². The third-order valence-electron chi connectivity index (χ3n) is 2.88. The average molecular weight is 374 g/mol. The number of hydrogen-bond donors (Lipinski definition) is 0. The van der Waals surface area contributed by atoms with Gasteiger partial charge in [-0.25, -0.2) is 0 Å². The lowest BCUT2D eigenvalue weighted by atomic mass is 10.3. The fourth-order valence-electron chi connectivity index (χ4n) is 1.89. The second-order valence-corrected chi connectivity index (χ2v) is 6.10. The van der Waals surface area contributed by atoms with E-state index in [0.29, 0.717) is 17.2 Å². The van der Waals surface area contributed by atoms with Gasteiger partial charge in [-0.15, -0.1) is 0 Å². The van der Waals surface area contributed by atoms with Crippen molar-refractivity contribution in [2.24, 2.45) is 0 Å². The highest BCUT2D eigenvalue weighted by atomic mass is 31.2. The number of rotatable bonds is 6. The molecular weight excluding hydrogens is 353 g/mol. The van der Waals surface area contributed by atoms with E-state index in [9.17, 15) is 4.57 Å². The largest absolute Gasteiger partial charge is 0.647 e. The van der Waals surface area contributed by atoms with Crippen LogP contribution < -0.4 is 13.6 Å². The first kappa shape index (κ1) is 20.8. The second-order valence-electron chi connectivity index (χ2n) is 4.66. The molecular formula is C18H21BO4P2. The van der Waals surface area contributed by atoms with Gasteiger partial charge in [0, 0.05) is 0 Å². The van der Waals surface area contributed by atoms with Gasteiger partial charge in [0.15, 0.2) is 0 Å². The SMILES string of the molecule is B.O=P(Oc1ccccc1)(Oc1ccccc1)Oc1ccccc1.P. The molecule has 3 aromatic carbocycles. The lowest BCUT2D eigenvalue weighted by Gasteiger charge is -2.19. The number of phosphoric ester groups is 1. The summed E-state index contributed by atoms with van der Waals surface area (Å²) < 4.78 is 29.6. The molecule has 0 aromatic heterocycles. The lowest BCUT2D eigenvalue weighted by Crippen LogP contribution is -2.07. The van der Waals surface area contributed by atoms with Crippen LogP contribution >= 0.6 is 17.7 Å². The molecule has 0 saturated heterocycles. The molecule has 0 fully saturated rings. The lowest BCUT2D eigenvalue weighted by molar-refractivity contribution is 0.298. The van der Waals surface area contributed by atoms with Gasteiger partial charge in [0.1, 0.15) is 17.2 Å². The molecule has 0 aliphatic heterocycles. The Kier molecular flexibility index (Phi) is 8.27. The first-order chi connectivity index (χ1) is 11.2. The summed E-state index contributed by atoms with van der Waals surface area (Å²) in [7, 11) is -3.89. The molecule has 7 heteroatoms. The van der Waals surface area contributed by atoms with Crippen molar-refractivity contribution in [1.29, 1.82) is 0 Å². The summed E-state index contributed by atoms with van der Waals surface area (Å²) in [6.45, 7) is 0. The molecule has 130 valence electrons. The fourth-order valence-corrected chi connectivity index (χ4v) is 3.14. The highest BCUT2D eigenvalue weighted by molar-refractivity contribution is 7.49. The van der Waals surface area contributed by atoms with Gasteiger partial charge >= 0.3 is 7.82 Å². The average Bonchev–Trinajstić information content (AvgIpc) is 2.57. The highest BCUT2D eigenvalue weighted by Crippen LogP contribution is 2.49. The molecule has 3 aromatic rings. The van der Waals surface area contributed by atoms with E-state index in [4.69, 9.17) is 13.6 Å². The van der Waals surface area contributed by atoms with E-state index in [1.54, 1.807) is 72.8 Å². The molecule has 0 saturated carbocycles. The summed E-state index contributed by atoms with van der Waals surface area (Å²) in [5.41, 5.74) is 0. The molecule has 1 atom stereocenters. The number of phosphoric acid groups is 1. The Balaban J connectivity index is 0.00000156. The van der Waals surface area contributed by atoms with E-state index in [0.717, 1.165) is 0 Å². The predicted octanol–water partition coefficient (Wildman–Crippen LogP) is 4.21. The van der Waals surface area contributed by atoms with Crippen LogP contribution in [-0.2, 0) is 4.57 Å². The highest BCUT2D eigenvalue weighted by Gasteiger charge is 2.33. The van der Waals surface area contributed by atoms with Crippen LogP contribution in [0.5, 0.6) is 17.2 Å². The van der Waals surface area contributed by atoms with Gasteiger partial charge in [-0.05, 0) is 36.4 Å². The monoisotopic (exact) mass is 374 g/mol. The minimum Gasteiger partial charge on any atom is -0.386 e. The van der Waals surface area contributed by atoms with E-state index in [2.05, 4.69) is 0 Å². The van der Waals surface area contributed by atoms with E-state index in [1.807, 2.05) is 18.2 Å². The van der Waals surface area contributed by atoms with E-state index < -0.39 is 7.82 Å². The third-order valence-corrected chi connectivity index (χ3v) is 4.18. The van der Waals surface area contributed by atoms with Crippen molar-refractivity contribution in [3.05, 3.63) is 91.0 Å². The molecule has 0 amide bonds. The fraction of sp³-hybridized carbons (Fsp3) is 0. The summed E-state index contributed by atoms with van der Waals surface area (Å²) in [6.07, 6.45) is 0. The maximum Gasteiger partial charge on any atom is 0.647 e. The van der Waals surface area contributed by atoms with Crippen LogP contribution in [0.2, 0.25) is 0 Å². The first-order valence-electron chi connectivity index (χ1n) is 7.07. The zero-order valence-electron chi connectivity index (χ0n) is 12.9. The van der Waals surface area contributed by atoms with Crippen LogP contribution in [0.4, 0.5) is 0 Å². The van der Waals surface area contributed by atoms with Gasteiger partial charge < -0.3 is 13.6 Å². The summed E-state index contributed by atoms with van der Waals surface area (Å²) in [5, 5.41) is 0. The predicted molar refractivity (Wildman–Crippen MR) is 110 cm³/mol. The summed E-state index contributed by atoms with van der Waals surface area (Å²) in [5.74, 6) is 1.22. The molecule has 0 radical (unpaired) electrons. The second kappa shape index (κ2) is 9.93. The Labute approximate surface area is 153 Å². The Morgan fingerprint density at radius 1 is 0.520 bits per heavy atom. The minimum atomic E-state index is -3.89. The van der Waals surface area contributed by atoms with Gasteiger partial charge in [0.05, 0.1) is 8.41 Å². The first-order valence-corrected chi connectivity index (χ1v) is 8.54. The topological polar surface area (TPSA) is 44.8 Å². The molecule has 0 spiro atoms. The van der Waals surface area contributed by atoms with Crippen LogP contribution in [0.15, 0.2) is 91.0 Å². The van der Waals surface area contributed by atoms with Gasteiger partial charge in [0.25, 0.3) is 0 Å². The molecule has 0 aliphatic rings. The molecule has 0 heterocycles. The molecule has 3 rings (SSSR count). The van der Waals surface area contributed by atoms with Crippen LogP contribution in [0.3, 0.4) is 0 Å².